The summed E-state index contributed by atoms with van der Waals surface area (Å²) in [6.07, 6.45) is 7.52. The minimum atomic E-state index is -0.269. The molecule has 0 unspecified atom stereocenters. The van der Waals surface area contributed by atoms with Crippen molar-refractivity contribution in [3.05, 3.63) is 34.3 Å². The number of halogens is 1. The van der Waals surface area contributed by atoms with E-state index in [4.69, 9.17) is 4.74 Å². The number of amides is 2. The molecular weight excluding hydrogens is 388 g/mol. The SMILES string of the molecule is COc1cc(/C=N\N2C(=O)[C@@H]3[C@H](C2=O)[C@@H]2C=C[C@H]3CC2)cc(Br)c1O. The van der Waals surface area contributed by atoms with Crippen LogP contribution in [0.4, 0.5) is 0 Å². The van der Waals surface area contributed by atoms with Crippen molar-refractivity contribution >= 4 is 34.0 Å². The number of aromatic hydroxyl groups is 1. The van der Waals surface area contributed by atoms with Gasteiger partial charge in [-0.25, -0.2) is 0 Å². The lowest BCUT2D eigenvalue weighted by molar-refractivity contribution is -0.140. The predicted molar refractivity (Wildman–Crippen MR) is 94.1 cm³/mol. The predicted octanol–water partition coefficient (Wildman–Crippen LogP) is 2.69. The topological polar surface area (TPSA) is 79.2 Å². The maximum Gasteiger partial charge on any atom is 0.254 e. The third-order valence-electron chi connectivity index (χ3n) is 5.33. The van der Waals surface area contributed by atoms with E-state index in [-0.39, 0.29) is 47.0 Å². The molecular formula is C18H17BrN2O4. The van der Waals surface area contributed by atoms with Crippen molar-refractivity contribution in [1.82, 2.24) is 5.01 Å². The van der Waals surface area contributed by atoms with Crippen molar-refractivity contribution in [2.24, 2.45) is 28.8 Å². The number of imide groups is 1. The van der Waals surface area contributed by atoms with Crippen LogP contribution in [0.1, 0.15) is 18.4 Å². The molecule has 0 radical (unpaired) electrons. The van der Waals surface area contributed by atoms with Crippen molar-refractivity contribution in [2.45, 2.75) is 12.8 Å². The Labute approximate surface area is 153 Å². The Morgan fingerprint density at radius 1 is 1.20 bits per heavy atom. The number of carbonyl (C=O) groups is 2. The minimum Gasteiger partial charge on any atom is -0.503 e. The highest BCUT2D eigenvalue weighted by atomic mass is 79.9. The number of ether oxygens (including phenoxy) is 1. The van der Waals surface area contributed by atoms with Crippen LogP contribution >= 0.6 is 15.9 Å². The standard InChI is InChI=1S/C18H17BrN2O4/c1-25-13-7-9(6-12(19)16(13)22)8-20-21-17(23)14-10-2-3-11(5-4-10)15(14)18(21)24/h2-3,6-8,10-11,14-15,22H,4-5H2,1H3/b20-8-/t10-,11+,14-,15+. The molecule has 3 aliphatic carbocycles. The van der Waals surface area contributed by atoms with Crippen molar-refractivity contribution in [1.29, 1.82) is 0 Å². The highest BCUT2D eigenvalue weighted by Gasteiger charge is 2.56. The largest absolute Gasteiger partial charge is 0.503 e. The summed E-state index contributed by atoms with van der Waals surface area (Å²) in [6.45, 7) is 0. The number of allylic oxidation sites excluding steroid dienone is 2. The summed E-state index contributed by atoms with van der Waals surface area (Å²) < 4.78 is 5.54. The van der Waals surface area contributed by atoms with E-state index in [1.54, 1.807) is 12.1 Å². The molecule has 4 atom stereocenters. The Hall–Kier alpha value is -2.15. The van der Waals surface area contributed by atoms with Crippen LogP contribution in [-0.4, -0.2) is 35.3 Å². The lowest BCUT2D eigenvalue weighted by Gasteiger charge is -2.37. The zero-order chi connectivity index (χ0) is 17.7. The average Bonchev–Trinajstić information content (AvgIpc) is 2.90. The first kappa shape index (κ1) is 16.3. The average molecular weight is 405 g/mol. The number of rotatable bonds is 3. The molecule has 6 nitrogen and oxygen atoms in total. The summed E-state index contributed by atoms with van der Waals surface area (Å²) in [5.41, 5.74) is 0.609. The van der Waals surface area contributed by atoms with E-state index in [0.29, 0.717) is 10.0 Å². The van der Waals surface area contributed by atoms with E-state index in [1.165, 1.54) is 13.3 Å². The van der Waals surface area contributed by atoms with Gasteiger partial charge >= 0.3 is 0 Å². The number of benzene rings is 1. The summed E-state index contributed by atoms with van der Waals surface area (Å²) >= 11 is 3.24. The molecule has 25 heavy (non-hydrogen) atoms. The molecule has 2 amide bonds. The van der Waals surface area contributed by atoms with Gasteiger partial charge in [-0.1, -0.05) is 12.2 Å². The number of hydrogen-bond donors (Lipinski definition) is 1. The number of fused-ring (bicyclic) bond motifs is 1. The van der Waals surface area contributed by atoms with Gasteiger partial charge in [-0.2, -0.15) is 10.1 Å². The first-order valence-corrected chi connectivity index (χ1v) is 8.97. The van der Waals surface area contributed by atoms with Gasteiger partial charge in [0.15, 0.2) is 11.5 Å². The van der Waals surface area contributed by atoms with Gasteiger partial charge in [0.2, 0.25) is 0 Å². The molecule has 0 spiro atoms. The summed E-state index contributed by atoms with van der Waals surface area (Å²) in [5, 5.41) is 15.0. The van der Waals surface area contributed by atoms with E-state index < -0.39 is 0 Å². The van der Waals surface area contributed by atoms with Gasteiger partial charge in [0, 0.05) is 0 Å². The van der Waals surface area contributed by atoms with Gasteiger partial charge in [-0.15, -0.1) is 0 Å². The smallest absolute Gasteiger partial charge is 0.254 e. The van der Waals surface area contributed by atoms with Crippen molar-refractivity contribution in [2.75, 3.05) is 7.11 Å². The summed E-state index contributed by atoms with van der Waals surface area (Å²) in [6, 6.07) is 3.23. The number of hydrogen-bond acceptors (Lipinski definition) is 5. The Kier molecular flexibility index (Phi) is 3.91. The number of phenolic OH excluding ortho intramolecular Hbond substituents is 1. The van der Waals surface area contributed by atoms with E-state index >= 15 is 0 Å². The molecule has 1 N–H and O–H groups in total. The first-order chi connectivity index (χ1) is 12.0. The van der Waals surface area contributed by atoms with Crippen LogP contribution in [-0.2, 0) is 9.59 Å². The fourth-order valence-electron chi connectivity index (χ4n) is 4.12. The van der Waals surface area contributed by atoms with Crippen LogP contribution in [0.3, 0.4) is 0 Å². The molecule has 1 heterocycles. The number of carbonyl (C=O) groups excluding carboxylic acids is 2. The van der Waals surface area contributed by atoms with Gasteiger partial charge in [0.25, 0.3) is 11.8 Å². The van der Waals surface area contributed by atoms with Gasteiger partial charge in [0.1, 0.15) is 0 Å². The fraction of sp³-hybridized carbons (Fsp3) is 0.389. The molecule has 2 bridgehead atoms. The third-order valence-corrected chi connectivity index (χ3v) is 5.93. The van der Waals surface area contributed by atoms with Crippen LogP contribution in [0, 0.1) is 23.7 Å². The Bertz CT molecular complexity index is 788. The van der Waals surface area contributed by atoms with E-state index in [2.05, 4.69) is 33.2 Å². The number of hydrazone groups is 1. The van der Waals surface area contributed by atoms with E-state index in [9.17, 15) is 14.7 Å². The molecule has 7 heteroatoms. The lowest BCUT2D eigenvalue weighted by Crippen LogP contribution is -2.38. The Morgan fingerprint density at radius 3 is 2.32 bits per heavy atom. The zero-order valence-electron chi connectivity index (χ0n) is 13.6. The molecule has 2 fully saturated rings. The van der Waals surface area contributed by atoms with E-state index in [0.717, 1.165) is 17.9 Å². The second kappa shape index (κ2) is 5.98. The van der Waals surface area contributed by atoms with Crippen molar-refractivity contribution < 1.29 is 19.4 Å². The summed E-state index contributed by atoms with van der Waals surface area (Å²) in [5.74, 6) is -0.397. The van der Waals surface area contributed by atoms with Crippen LogP contribution in [0.25, 0.3) is 0 Å². The van der Waals surface area contributed by atoms with Crippen LogP contribution in [0.15, 0.2) is 33.9 Å². The second-order valence-corrected chi connectivity index (χ2v) is 7.48. The highest BCUT2D eigenvalue weighted by Crippen LogP contribution is 2.49. The third kappa shape index (κ3) is 2.49. The molecule has 0 aromatic heterocycles. The van der Waals surface area contributed by atoms with Gasteiger partial charge in [-0.3, -0.25) is 9.59 Å². The van der Waals surface area contributed by atoms with Gasteiger partial charge in [-0.05, 0) is 58.3 Å². The first-order valence-electron chi connectivity index (χ1n) is 8.18. The monoisotopic (exact) mass is 404 g/mol. The molecule has 1 aromatic rings. The van der Waals surface area contributed by atoms with Crippen molar-refractivity contribution in [3.63, 3.8) is 0 Å². The molecule has 1 aliphatic heterocycles. The Balaban J connectivity index is 1.62. The maximum absolute atomic E-state index is 12.7. The summed E-state index contributed by atoms with van der Waals surface area (Å²) in [4.78, 5) is 25.4. The fourth-order valence-corrected chi connectivity index (χ4v) is 4.58. The number of methoxy groups -OCH3 is 1. The maximum atomic E-state index is 12.7. The number of phenols is 1. The molecule has 4 aliphatic rings. The molecule has 1 saturated heterocycles. The molecule has 130 valence electrons. The zero-order valence-corrected chi connectivity index (χ0v) is 15.1. The minimum absolute atomic E-state index is 0.0124. The normalized spacial score (nSPS) is 30.4. The Morgan fingerprint density at radius 2 is 1.80 bits per heavy atom. The molecule has 1 aromatic carbocycles. The van der Waals surface area contributed by atoms with Gasteiger partial charge in [0.05, 0.1) is 29.6 Å². The second-order valence-electron chi connectivity index (χ2n) is 6.63. The van der Waals surface area contributed by atoms with Crippen LogP contribution in [0.2, 0.25) is 0 Å². The highest BCUT2D eigenvalue weighted by molar-refractivity contribution is 9.10. The van der Waals surface area contributed by atoms with Gasteiger partial charge < -0.3 is 9.84 Å². The van der Waals surface area contributed by atoms with Crippen molar-refractivity contribution in [3.8, 4) is 11.5 Å². The van der Waals surface area contributed by atoms with E-state index in [1.807, 2.05) is 0 Å². The van der Waals surface area contributed by atoms with Crippen LogP contribution in [0.5, 0.6) is 11.5 Å². The molecule has 1 saturated carbocycles. The molecule has 5 rings (SSSR count). The lowest BCUT2D eigenvalue weighted by atomic mass is 9.63. The quantitative estimate of drug-likeness (QED) is 0.477. The number of nitrogens with zero attached hydrogens (tertiary/aromatic N) is 2. The summed E-state index contributed by atoms with van der Waals surface area (Å²) in [7, 11) is 1.45. The van der Waals surface area contributed by atoms with Crippen LogP contribution < -0.4 is 4.74 Å².